The first kappa shape index (κ1) is 24.9. The maximum atomic E-state index is 13.2. The molecule has 0 bridgehead atoms. The number of alkyl carbamates (subject to hydrolysis) is 1. The molecular weight excluding hydrogens is 488 g/mol. The third-order valence-corrected chi connectivity index (χ3v) is 5.74. The van der Waals surface area contributed by atoms with Gasteiger partial charge < -0.3 is 25.4 Å². The highest BCUT2D eigenvalue weighted by Crippen LogP contribution is 2.34. The Morgan fingerprint density at radius 2 is 1.32 bits per heavy atom. The SMILES string of the molecule is O=C(N[C@@H](CN1C(=O)c2ccc(C(=O)O)c3c(C(=O)O)ccc(c23)C1=O)C(=O)O)OCc1ccccc1. The van der Waals surface area contributed by atoms with Gasteiger partial charge >= 0.3 is 24.0 Å². The van der Waals surface area contributed by atoms with Crippen LogP contribution in [0.3, 0.4) is 0 Å². The van der Waals surface area contributed by atoms with Gasteiger partial charge in [-0.25, -0.2) is 19.2 Å². The zero-order chi connectivity index (χ0) is 26.9. The molecule has 3 amide bonds. The Labute approximate surface area is 207 Å². The minimum Gasteiger partial charge on any atom is -0.480 e. The molecule has 12 heteroatoms. The third-order valence-electron chi connectivity index (χ3n) is 5.74. The number of aromatic carboxylic acids is 2. The van der Waals surface area contributed by atoms with Crippen molar-refractivity contribution < 1.29 is 48.8 Å². The molecule has 0 unspecified atom stereocenters. The number of carbonyl (C=O) groups excluding carboxylic acids is 3. The molecule has 4 N–H and O–H groups in total. The fourth-order valence-corrected chi connectivity index (χ4v) is 4.03. The van der Waals surface area contributed by atoms with Gasteiger partial charge in [0.15, 0.2) is 0 Å². The topological polar surface area (TPSA) is 188 Å². The molecule has 188 valence electrons. The van der Waals surface area contributed by atoms with Gasteiger partial charge in [0.2, 0.25) is 0 Å². The molecule has 3 aromatic carbocycles. The van der Waals surface area contributed by atoms with Crippen molar-refractivity contribution >= 4 is 46.6 Å². The molecule has 0 spiro atoms. The molecule has 1 aliphatic rings. The first-order valence-corrected chi connectivity index (χ1v) is 10.7. The highest BCUT2D eigenvalue weighted by atomic mass is 16.5. The molecule has 0 saturated carbocycles. The zero-order valence-electron chi connectivity index (χ0n) is 18.8. The molecule has 0 aliphatic carbocycles. The van der Waals surface area contributed by atoms with Crippen molar-refractivity contribution in [2.45, 2.75) is 12.6 Å². The van der Waals surface area contributed by atoms with Crippen LogP contribution in [0.4, 0.5) is 4.79 Å². The molecule has 1 atom stereocenters. The number of ether oxygens (including phenoxy) is 1. The molecule has 0 aromatic heterocycles. The molecule has 0 saturated heterocycles. The van der Waals surface area contributed by atoms with Crippen LogP contribution in [0.2, 0.25) is 0 Å². The van der Waals surface area contributed by atoms with E-state index in [1.807, 2.05) is 0 Å². The monoisotopic (exact) mass is 506 g/mol. The highest BCUT2D eigenvalue weighted by Gasteiger charge is 2.38. The molecule has 1 aliphatic heterocycles. The van der Waals surface area contributed by atoms with E-state index in [4.69, 9.17) is 4.74 Å². The number of benzene rings is 3. The van der Waals surface area contributed by atoms with Crippen LogP contribution in [0.15, 0.2) is 54.6 Å². The largest absolute Gasteiger partial charge is 0.480 e. The van der Waals surface area contributed by atoms with Crippen molar-refractivity contribution in [1.82, 2.24) is 10.2 Å². The second-order valence-corrected chi connectivity index (χ2v) is 8.00. The van der Waals surface area contributed by atoms with E-state index in [2.05, 4.69) is 5.32 Å². The van der Waals surface area contributed by atoms with Crippen LogP contribution in [-0.2, 0) is 16.1 Å². The van der Waals surface area contributed by atoms with E-state index in [0.29, 0.717) is 10.5 Å². The van der Waals surface area contributed by atoms with Gasteiger partial charge in [-0.2, -0.15) is 0 Å². The maximum Gasteiger partial charge on any atom is 0.408 e. The minimum atomic E-state index is -1.73. The molecule has 0 fully saturated rings. The number of nitrogens with one attached hydrogen (secondary N) is 1. The zero-order valence-corrected chi connectivity index (χ0v) is 18.8. The van der Waals surface area contributed by atoms with E-state index in [1.54, 1.807) is 30.3 Å². The number of rotatable bonds is 8. The number of amides is 3. The third kappa shape index (κ3) is 4.67. The summed E-state index contributed by atoms with van der Waals surface area (Å²) in [7, 11) is 0. The molecule has 37 heavy (non-hydrogen) atoms. The molecular formula is C25H18N2O10. The van der Waals surface area contributed by atoms with Crippen molar-refractivity contribution in [3.05, 3.63) is 82.4 Å². The number of hydrogen-bond acceptors (Lipinski definition) is 7. The lowest BCUT2D eigenvalue weighted by molar-refractivity contribution is -0.139. The maximum absolute atomic E-state index is 13.2. The lowest BCUT2D eigenvalue weighted by atomic mass is 9.88. The van der Waals surface area contributed by atoms with Crippen LogP contribution in [0.5, 0.6) is 0 Å². The van der Waals surface area contributed by atoms with Crippen molar-refractivity contribution in [2.75, 3.05) is 6.54 Å². The Balaban J connectivity index is 1.63. The normalized spacial score (nSPS) is 13.2. The minimum absolute atomic E-state index is 0.145. The van der Waals surface area contributed by atoms with Gasteiger partial charge in [-0.3, -0.25) is 14.5 Å². The Morgan fingerprint density at radius 3 is 1.81 bits per heavy atom. The van der Waals surface area contributed by atoms with Gasteiger partial charge in [-0.15, -0.1) is 0 Å². The quantitative estimate of drug-likeness (QED) is 0.330. The lowest BCUT2D eigenvalue weighted by Crippen LogP contribution is -2.52. The Morgan fingerprint density at radius 1 is 0.784 bits per heavy atom. The Kier molecular flexibility index (Phi) is 6.57. The van der Waals surface area contributed by atoms with E-state index in [-0.39, 0.29) is 28.5 Å². The summed E-state index contributed by atoms with van der Waals surface area (Å²) in [5.74, 6) is -6.42. The van der Waals surface area contributed by atoms with Crippen LogP contribution in [0.1, 0.15) is 47.0 Å². The van der Waals surface area contributed by atoms with Crippen LogP contribution >= 0.6 is 0 Å². The van der Waals surface area contributed by atoms with Crippen molar-refractivity contribution in [3.8, 4) is 0 Å². The summed E-state index contributed by atoms with van der Waals surface area (Å²) in [5, 5.41) is 30.3. The predicted octanol–water partition coefficient (Wildman–Crippen LogP) is 2.21. The summed E-state index contributed by atoms with van der Waals surface area (Å²) in [4.78, 5) is 74.5. The summed E-state index contributed by atoms with van der Waals surface area (Å²) in [6.07, 6.45) is -1.09. The Hall–Kier alpha value is -5.26. The van der Waals surface area contributed by atoms with Crippen LogP contribution in [0, 0.1) is 0 Å². The number of nitrogens with zero attached hydrogens (tertiary/aromatic N) is 1. The Bertz CT molecular complexity index is 1410. The summed E-state index contributed by atoms with van der Waals surface area (Å²) in [6, 6.07) is 11.2. The molecule has 3 aromatic rings. The van der Waals surface area contributed by atoms with Crippen molar-refractivity contribution in [1.29, 1.82) is 0 Å². The molecule has 0 radical (unpaired) electrons. The van der Waals surface area contributed by atoms with Gasteiger partial charge in [0.25, 0.3) is 11.8 Å². The summed E-state index contributed by atoms with van der Waals surface area (Å²) < 4.78 is 5.01. The highest BCUT2D eigenvalue weighted by molar-refractivity contribution is 6.29. The number of carboxylic acids is 3. The smallest absolute Gasteiger partial charge is 0.408 e. The van der Waals surface area contributed by atoms with E-state index in [9.17, 15) is 44.1 Å². The summed E-state index contributed by atoms with van der Waals surface area (Å²) in [6.45, 7) is -0.913. The second kappa shape index (κ2) is 9.77. The lowest BCUT2D eigenvalue weighted by Gasteiger charge is -2.29. The van der Waals surface area contributed by atoms with Gasteiger partial charge in [0, 0.05) is 21.9 Å². The summed E-state index contributed by atoms with van der Waals surface area (Å²) >= 11 is 0. The number of hydrogen-bond donors (Lipinski definition) is 4. The first-order valence-electron chi connectivity index (χ1n) is 10.7. The first-order chi connectivity index (χ1) is 17.6. The van der Waals surface area contributed by atoms with Crippen LogP contribution in [0.25, 0.3) is 10.8 Å². The van der Waals surface area contributed by atoms with E-state index >= 15 is 0 Å². The van der Waals surface area contributed by atoms with Gasteiger partial charge in [-0.1, -0.05) is 30.3 Å². The van der Waals surface area contributed by atoms with E-state index in [0.717, 1.165) is 24.3 Å². The van der Waals surface area contributed by atoms with E-state index in [1.165, 1.54) is 0 Å². The van der Waals surface area contributed by atoms with Gasteiger partial charge in [-0.05, 0) is 29.8 Å². The average molecular weight is 506 g/mol. The number of carbonyl (C=O) groups is 6. The predicted molar refractivity (Wildman–Crippen MR) is 124 cm³/mol. The molecule has 4 rings (SSSR count). The summed E-state index contributed by atoms with van der Waals surface area (Å²) in [5.41, 5.74) is -0.560. The fourth-order valence-electron chi connectivity index (χ4n) is 4.03. The fraction of sp³-hybridized carbons (Fsp3) is 0.120. The number of imide groups is 1. The number of aliphatic carboxylic acids is 1. The van der Waals surface area contributed by atoms with Crippen molar-refractivity contribution in [3.63, 3.8) is 0 Å². The van der Waals surface area contributed by atoms with Crippen LogP contribution in [-0.4, -0.2) is 68.6 Å². The van der Waals surface area contributed by atoms with Gasteiger partial charge in [0.05, 0.1) is 17.7 Å². The second-order valence-electron chi connectivity index (χ2n) is 8.00. The number of carboxylic acid groups (broad SMARTS) is 3. The molecule has 12 nitrogen and oxygen atoms in total. The van der Waals surface area contributed by atoms with E-state index < -0.39 is 59.5 Å². The standard InChI is InChI=1S/C25H18N2O10/c28-20-13-6-8-15(22(30)31)19-16(23(32)33)9-7-14(18(13)19)21(29)27(20)10-17(24(34)35)26-25(36)37-11-12-4-2-1-3-5-12/h1-9,17H,10-11H2,(H,26,36)(H,30,31)(H,32,33)(H,34,35)/t17-/m0/s1. The van der Waals surface area contributed by atoms with Crippen LogP contribution < -0.4 is 5.32 Å². The molecule has 1 heterocycles. The average Bonchev–Trinajstić information content (AvgIpc) is 2.87. The van der Waals surface area contributed by atoms with Crippen molar-refractivity contribution in [2.24, 2.45) is 0 Å². The van der Waals surface area contributed by atoms with Gasteiger partial charge in [0.1, 0.15) is 12.6 Å².